The van der Waals surface area contributed by atoms with Crippen LogP contribution in [0.15, 0.2) is 36.4 Å². The zero-order valence-corrected chi connectivity index (χ0v) is 11.0. The number of halogens is 2. The first-order valence-electron chi connectivity index (χ1n) is 5.26. The molecule has 98 valence electrons. The summed E-state index contributed by atoms with van der Waals surface area (Å²) in [5.74, 6) is -1.14. The molecule has 3 N–H and O–H groups in total. The van der Waals surface area contributed by atoms with Gasteiger partial charge in [0.15, 0.2) is 11.5 Å². The maximum absolute atomic E-state index is 11.9. The predicted molar refractivity (Wildman–Crippen MR) is 74.2 cm³/mol. The van der Waals surface area contributed by atoms with E-state index in [0.717, 1.165) is 6.07 Å². The summed E-state index contributed by atoms with van der Waals surface area (Å²) in [4.78, 5) is 11.9. The van der Waals surface area contributed by atoms with Gasteiger partial charge in [-0.05, 0) is 36.4 Å². The molecule has 0 saturated heterocycles. The molecule has 0 bridgehead atoms. The molecule has 19 heavy (non-hydrogen) atoms. The number of hydrogen-bond acceptors (Lipinski definition) is 3. The molecular weight excluding hydrogens is 289 g/mol. The number of phenols is 2. The van der Waals surface area contributed by atoms with Crippen LogP contribution >= 0.6 is 23.2 Å². The van der Waals surface area contributed by atoms with Gasteiger partial charge in [-0.3, -0.25) is 4.79 Å². The summed E-state index contributed by atoms with van der Waals surface area (Å²) in [5, 5.41) is 21.9. The summed E-state index contributed by atoms with van der Waals surface area (Å²) >= 11 is 11.7. The standard InChI is InChI=1S/C13H9Cl2NO3/c14-8-2-3-9(15)10(6-8)16-13(19)7-1-4-11(17)12(18)5-7/h1-6,17-18H,(H,16,19). The maximum Gasteiger partial charge on any atom is 0.255 e. The lowest BCUT2D eigenvalue weighted by molar-refractivity contribution is 0.102. The van der Waals surface area contributed by atoms with Crippen molar-refractivity contribution in [1.29, 1.82) is 0 Å². The average Bonchev–Trinajstić information content (AvgIpc) is 2.37. The fourth-order valence-electron chi connectivity index (χ4n) is 1.45. The number of carbonyl (C=O) groups is 1. The summed E-state index contributed by atoms with van der Waals surface area (Å²) in [6.45, 7) is 0. The first-order chi connectivity index (χ1) is 8.97. The molecule has 0 aliphatic carbocycles. The number of benzene rings is 2. The summed E-state index contributed by atoms with van der Waals surface area (Å²) < 4.78 is 0. The quantitative estimate of drug-likeness (QED) is 0.741. The van der Waals surface area contributed by atoms with Gasteiger partial charge in [-0.15, -0.1) is 0 Å². The van der Waals surface area contributed by atoms with Gasteiger partial charge in [-0.2, -0.15) is 0 Å². The summed E-state index contributed by atoms with van der Waals surface area (Å²) in [6.07, 6.45) is 0. The normalized spacial score (nSPS) is 10.2. The Morgan fingerprint density at radius 2 is 1.74 bits per heavy atom. The lowest BCUT2D eigenvalue weighted by Crippen LogP contribution is -2.12. The van der Waals surface area contributed by atoms with Gasteiger partial charge < -0.3 is 15.5 Å². The van der Waals surface area contributed by atoms with Gasteiger partial charge >= 0.3 is 0 Å². The molecule has 0 aliphatic rings. The molecule has 0 radical (unpaired) electrons. The Morgan fingerprint density at radius 3 is 2.42 bits per heavy atom. The summed E-state index contributed by atoms with van der Waals surface area (Å²) in [6, 6.07) is 8.44. The van der Waals surface area contributed by atoms with Gasteiger partial charge in [-0.1, -0.05) is 23.2 Å². The lowest BCUT2D eigenvalue weighted by Gasteiger charge is -2.08. The Hall–Kier alpha value is -1.91. The minimum atomic E-state index is -0.473. The minimum absolute atomic E-state index is 0.186. The fourth-order valence-corrected chi connectivity index (χ4v) is 1.79. The van der Waals surface area contributed by atoms with Crippen LogP contribution in [-0.4, -0.2) is 16.1 Å². The molecule has 4 nitrogen and oxygen atoms in total. The van der Waals surface area contributed by atoms with E-state index in [-0.39, 0.29) is 17.1 Å². The van der Waals surface area contributed by atoms with Crippen LogP contribution in [0.1, 0.15) is 10.4 Å². The second kappa shape index (κ2) is 5.38. The number of rotatable bonds is 2. The van der Waals surface area contributed by atoms with E-state index < -0.39 is 5.91 Å². The van der Waals surface area contributed by atoms with Gasteiger partial charge in [0.05, 0.1) is 10.7 Å². The molecular formula is C13H9Cl2NO3. The summed E-state index contributed by atoms with van der Waals surface area (Å²) in [5.41, 5.74) is 0.554. The second-order valence-electron chi connectivity index (χ2n) is 3.78. The van der Waals surface area contributed by atoms with Crippen molar-refractivity contribution in [3.63, 3.8) is 0 Å². The van der Waals surface area contributed by atoms with E-state index in [1.165, 1.54) is 18.2 Å². The monoisotopic (exact) mass is 297 g/mol. The number of amides is 1. The van der Waals surface area contributed by atoms with Crippen LogP contribution in [0.25, 0.3) is 0 Å². The van der Waals surface area contributed by atoms with Crippen LogP contribution in [-0.2, 0) is 0 Å². The van der Waals surface area contributed by atoms with Crippen molar-refractivity contribution in [2.24, 2.45) is 0 Å². The van der Waals surface area contributed by atoms with Crippen molar-refractivity contribution in [3.05, 3.63) is 52.0 Å². The third-order valence-electron chi connectivity index (χ3n) is 2.41. The van der Waals surface area contributed by atoms with Crippen LogP contribution in [0.2, 0.25) is 10.0 Å². The van der Waals surface area contributed by atoms with Crippen molar-refractivity contribution < 1.29 is 15.0 Å². The number of phenolic OH excluding ortho intramolecular Hbond substituents is 2. The van der Waals surface area contributed by atoms with Crippen molar-refractivity contribution in [2.75, 3.05) is 5.32 Å². The number of anilines is 1. The predicted octanol–water partition coefficient (Wildman–Crippen LogP) is 3.66. The molecule has 1 amide bonds. The van der Waals surface area contributed by atoms with E-state index >= 15 is 0 Å². The third kappa shape index (κ3) is 3.10. The largest absolute Gasteiger partial charge is 0.504 e. The Balaban J connectivity index is 2.25. The van der Waals surface area contributed by atoms with Crippen molar-refractivity contribution in [2.45, 2.75) is 0 Å². The number of carbonyl (C=O) groups excluding carboxylic acids is 1. The topological polar surface area (TPSA) is 69.6 Å². The van der Waals surface area contributed by atoms with E-state index in [9.17, 15) is 15.0 Å². The second-order valence-corrected chi connectivity index (χ2v) is 4.63. The molecule has 0 aliphatic heterocycles. The van der Waals surface area contributed by atoms with E-state index in [0.29, 0.717) is 15.7 Å². The van der Waals surface area contributed by atoms with E-state index in [4.69, 9.17) is 23.2 Å². The molecule has 0 heterocycles. The van der Waals surface area contributed by atoms with E-state index in [2.05, 4.69) is 5.32 Å². The van der Waals surface area contributed by atoms with Gasteiger partial charge in [0.2, 0.25) is 0 Å². The molecule has 0 unspecified atom stereocenters. The first-order valence-corrected chi connectivity index (χ1v) is 6.01. The Kier molecular flexibility index (Phi) is 3.83. The van der Waals surface area contributed by atoms with Gasteiger partial charge in [-0.25, -0.2) is 0 Å². The molecule has 0 fully saturated rings. The van der Waals surface area contributed by atoms with Crippen LogP contribution < -0.4 is 5.32 Å². The minimum Gasteiger partial charge on any atom is -0.504 e. The first kappa shape index (κ1) is 13.5. The van der Waals surface area contributed by atoms with Crippen molar-refractivity contribution in [1.82, 2.24) is 0 Å². The molecule has 0 spiro atoms. The SMILES string of the molecule is O=C(Nc1cc(Cl)ccc1Cl)c1ccc(O)c(O)c1. The highest BCUT2D eigenvalue weighted by Crippen LogP contribution is 2.28. The number of aromatic hydroxyl groups is 2. The van der Waals surface area contributed by atoms with E-state index in [1.54, 1.807) is 12.1 Å². The smallest absolute Gasteiger partial charge is 0.255 e. The molecule has 2 aromatic rings. The van der Waals surface area contributed by atoms with Gasteiger partial charge in [0.25, 0.3) is 5.91 Å². The molecule has 0 aromatic heterocycles. The number of nitrogens with one attached hydrogen (secondary N) is 1. The van der Waals surface area contributed by atoms with Crippen molar-refractivity contribution >= 4 is 34.8 Å². The van der Waals surface area contributed by atoms with E-state index in [1.807, 2.05) is 0 Å². The highest BCUT2D eigenvalue weighted by atomic mass is 35.5. The van der Waals surface area contributed by atoms with Gasteiger partial charge in [0.1, 0.15) is 0 Å². The third-order valence-corrected chi connectivity index (χ3v) is 2.98. The van der Waals surface area contributed by atoms with Crippen LogP contribution in [0, 0.1) is 0 Å². The zero-order chi connectivity index (χ0) is 14.0. The summed E-state index contributed by atoms with van der Waals surface area (Å²) in [7, 11) is 0. The average molecular weight is 298 g/mol. The zero-order valence-electron chi connectivity index (χ0n) is 9.52. The van der Waals surface area contributed by atoms with Crippen LogP contribution in [0.5, 0.6) is 11.5 Å². The molecule has 0 saturated carbocycles. The molecule has 2 aromatic carbocycles. The van der Waals surface area contributed by atoms with Crippen molar-refractivity contribution in [3.8, 4) is 11.5 Å². The Bertz CT molecular complexity index is 644. The molecule has 0 atom stereocenters. The fraction of sp³-hybridized carbons (Fsp3) is 0. The highest BCUT2D eigenvalue weighted by molar-refractivity contribution is 6.35. The number of hydrogen-bond donors (Lipinski definition) is 3. The van der Waals surface area contributed by atoms with Gasteiger partial charge in [0, 0.05) is 10.6 Å². The Labute approximate surface area is 119 Å². The lowest BCUT2D eigenvalue weighted by atomic mass is 10.2. The highest BCUT2D eigenvalue weighted by Gasteiger charge is 2.11. The molecule has 2 rings (SSSR count). The maximum atomic E-state index is 11.9. The van der Waals surface area contributed by atoms with Crippen LogP contribution in [0.3, 0.4) is 0 Å². The van der Waals surface area contributed by atoms with Crippen LogP contribution in [0.4, 0.5) is 5.69 Å². The Morgan fingerprint density at radius 1 is 1.00 bits per heavy atom. The molecule has 6 heteroatoms.